The van der Waals surface area contributed by atoms with Crippen LogP contribution in [-0.4, -0.2) is 26.7 Å². The summed E-state index contributed by atoms with van der Waals surface area (Å²) in [5.41, 5.74) is 10.9. The van der Waals surface area contributed by atoms with Gasteiger partial charge >= 0.3 is 0 Å². The average Bonchev–Trinajstić information content (AvgIpc) is 2.53. The van der Waals surface area contributed by atoms with E-state index in [-0.39, 0.29) is 0 Å². The van der Waals surface area contributed by atoms with Gasteiger partial charge < -0.3 is 15.5 Å². The standard InChI is InChI=1S/C18H23N3/c1-20(18-11-5-3-9-16(18)19)13-14-21-12-6-8-15-7-2-4-10-17(15)21/h2-5,7,9-11H,6,8,12-14,19H2,1H3. The van der Waals surface area contributed by atoms with E-state index in [9.17, 15) is 0 Å². The second kappa shape index (κ2) is 6.08. The molecule has 0 fully saturated rings. The number of para-hydroxylation sites is 3. The maximum atomic E-state index is 6.05. The Morgan fingerprint density at radius 2 is 1.86 bits per heavy atom. The SMILES string of the molecule is CN(CCN1CCCc2ccccc21)c1ccccc1N. The third-order valence-corrected chi connectivity index (χ3v) is 4.26. The Kier molecular flexibility index (Phi) is 4.00. The Morgan fingerprint density at radius 1 is 1.10 bits per heavy atom. The molecule has 0 amide bonds. The van der Waals surface area contributed by atoms with Crippen LogP contribution >= 0.6 is 0 Å². The van der Waals surface area contributed by atoms with E-state index in [2.05, 4.69) is 47.2 Å². The first-order valence-corrected chi connectivity index (χ1v) is 7.64. The van der Waals surface area contributed by atoms with Crippen molar-refractivity contribution in [2.75, 3.05) is 42.2 Å². The predicted octanol–water partition coefficient (Wildman–Crippen LogP) is 3.16. The van der Waals surface area contributed by atoms with Crippen LogP contribution in [0.15, 0.2) is 48.5 Å². The van der Waals surface area contributed by atoms with E-state index in [0.717, 1.165) is 31.0 Å². The Balaban J connectivity index is 1.67. The third-order valence-electron chi connectivity index (χ3n) is 4.26. The van der Waals surface area contributed by atoms with Crippen molar-refractivity contribution >= 4 is 17.1 Å². The van der Waals surface area contributed by atoms with E-state index in [1.165, 1.54) is 24.1 Å². The quantitative estimate of drug-likeness (QED) is 0.874. The normalized spacial score (nSPS) is 13.9. The number of fused-ring (bicyclic) bond motifs is 1. The van der Waals surface area contributed by atoms with Gasteiger partial charge in [-0.15, -0.1) is 0 Å². The van der Waals surface area contributed by atoms with Crippen molar-refractivity contribution in [1.29, 1.82) is 0 Å². The molecule has 0 unspecified atom stereocenters. The molecule has 110 valence electrons. The van der Waals surface area contributed by atoms with Crippen molar-refractivity contribution in [3.8, 4) is 0 Å². The molecule has 0 bridgehead atoms. The van der Waals surface area contributed by atoms with Crippen LogP contribution in [0.3, 0.4) is 0 Å². The number of benzene rings is 2. The van der Waals surface area contributed by atoms with Crippen molar-refractivity contribution in [3.05, 3.63) is 54.1 Å². The van der Waals surface area contributed by atoms with E-state index in [0.29, 0.717) is 0 Å². The number of rotatable bonds is 4. The van der Waals surface area contributed by atoms with Gasteiger partial charge in [-0.1, -0.05) is 30.3 Å². The lowest BCUT2D eigenvalue weighted by atomic mass is 10.0. The molecule has 2 aromatic carbocycles. The van der Waals surface area contributed by atoms with Gasteiger partial charge in [0, 0.05) is 32.4 Å². The number of hydrogen-bond donors (Lipinski definition) is 1. The highest BCUT2D eigenvalue weighted by Crippen LogP contribution is 2.27. The van der Waals surface area contributed by atoms with Gasteiger partial charge in [0.05, 0.1) is 11.4 Å². The molecule has 0 aliphatic carbocycles. The monoisotopic (exact) mass is 281 g/mol. The molecule has 1 aliphatic heterocycles. The van der Waals surface area contributed by atoms with Gasteiger partial charge in [0.1, 0.15) is 0 Å². The van der Waals surface area contributed by atoms with Crippen LogP contribution in [-0.2, 0) is 6.42 Å². The van der Waals surface area contributed by atoms with Crippen LogP contribution in [0.1, 0.15) is 12.0 Å². The highest BCUT2D eigenvalue weighted by molar-refractivity contribution is 5.67. The molecule has 0 atom stereocenters. The second-order valence-electron chi connectivity index (χ2n) is 5.70. The minimum absolute atomic E-state index is 0.846. The summed E-state index contributed by atoms with van der Waals surface area (Å²) in [6.07, 6.45) is 2.45. The van der Waals surface area contributed by atoms with Gasteiger partial charge in [0.2, 0.25) is 0 Å². The Labute approximate surface area is 127 Å². The highest BCUT2D eigenvalue weighted by atomic mass is 15.2. The maximum Gasteiger partial charge on any atom is 0.0597 e. The minimum Gasteiger partial charge on any atom is -0.397 e. The fourth-order valence-corrected chi connectivity index (χ4v) is 3.07. The molecule has 0 radical (unpaired) electrons. The van der Waals surface area contributed by atoms with Gasteiger partial charge in [0.15, 0.2) is 0 Å². The molecular weight excluding hydrogens is 258 g/mol. The second-order valence-corrected chi connectivity index (χ2v) is 5.70. The van der Waals surface area contributed by atoms with Crippen LogP contribution in [0.5, 0.6) is 0 Å². The van der Waals surface area contributed by atoms with E-state index < -0.39 is 0 Å². The summed E-state index contributed by atoms with van der Waals surface area (Å²) < 4.78 is 0. The van der Waals surface area contributed by atoms with Gasteiger partial charge in [-0.3, -0.25) is 0 Å². The first kappa shape index (κ1) is 13.8. The van der Waals surface area contributed by atoms with E-state index in [1.54, 1.807) is 0 Å². The smallest absolute Gasteiger partial charge is 0.0597 e. The molecule has 1 heterocycles. The zero-order valence-corrected chi connectivity index (χ0v) is 12.6. The first-order valence-electron chi connectivity index (χ1n) is 7.64. The lowest BCUT2D eigenvalue weighted by Crippen LogP contribution is -2.36. The number of anilines is 3. The zero-order chi connectivity index (χ0) is 14.7. The highest BCUT2D eigenvalue weighted by Gasteiger charge is 2.16. The van der Waals surface area contributed by atoms with Crippen molar-refractivity contribution in [3.63, 3.8) is 0 Å². The van der Waals surface area contributed by atoms with Crippen LogP contribution in [0.2, 0.25) is 0 Å². The Bertz CT molecular complexity index is 609. The minimum atomic E-state index is 0.846. The third kappa shape index (κ3) is 2.97. The van der Waals surface area contributed by atoms with Gasteiger partial charge in [-0.25, -0.2) is 0 Å². The van der Waals surface area contributed by atoms with Gasteiger partial charge in [-0.2, -0.15) is 0 Å². The summed E-state index contributed by atoms with van der Waals surface area (Å²) >= 11 is 0. The fraction of sp³-hybridized carbons (Fsp3) is 0.333. The van der Waals surface area contributed by atoms with Crippen LogP contribution in [0.4, 0.5) is 17.1 Å². The summed E-state index contributed by atoms with van der Waals surface area (Å²) in [6.45, 7) is 3.15. The Morgan fingerprint density at radius 3 is 2.71 bits per heavy atom. The summed E-state index contributed by atoms with van der Waals surface area (Å²) in [7, 11) is 2.11. The average molecular weight is 281 g/mol. The molecule has 0 spiro atoms. The van der Waals surface area contributed by atoms with Crippen molar-refractivity contribution in [1.82, 2.24) is 0 Å². The number of likely N-dealkylation sites (N-methyl/N-ethyl adjacent to an activating group) is 1. The van der Waals surface area contributed by atoms with Crippen molar-refractivity contribution < 1.29 is 0 Å². The molecular formula is C18H23N3. The molecule has 2 N–H and O–H groups in total. The summed E-state index contributed by atoms with van der Waals surface area (Å²) in [4.78, 5) is 4.74. The number of nitrogen functional groups attached to an aromatic ring is 1. The molecule has 1 aliphatic rings. The number of nitrogens with two attached hydrogens (primary N) is 1. The fourth-order valence-electron chi connectivity index (χ4n) is 3.07. The van der Waals surface area contributed by atoms with E-state index in [1.807, 2.05) is 18.2 Å². The molecule has 2 aromatic rings. The first-order chi connectivity index (χ1) is 10.3. The number of aryl methyl sites for hydroxylation is 1. The molecule has 0 saturated heterocycles. The lowest BCUT2D eigenvalue weighted by molar-refractivity contribution is 0.683. The van der Waals surface area contributed by atoms with E-state index in [4.69, 9.17) is 5.73 Å². The topological polar surface area (TPSA) is 32.5 Å². The predicted molar refractivity (Wildman–Crippen MR) is 91.1 cm³/mol. The number of nitrogens with zero attached hydrogens (tertiary/aromatic N) is 2. The maximum absolute atomic E-state index is 6.05. The van der Waals surface area contributed by atoms with E-state index >= 15 is 0 Å². The zero-order valence-electron chi connectivity index (χ0n) is 12.6. The molecule has 21 heavy (non-hydrogen) atoms. The van der Waals surface area contributed by atoms with Crippen LogP contribution < -0.4 is 15.5 Å². The largest absolute Gasteiger partial charge is 0.397 e. The molecule has 0 aromatic heterocycles. The molecule has 3 heteroatoms. The summed E-state index contributed by atoms with van der Waals surface area (Å²) in [5, 5.41) is 0. The molecule has 0 saturated carbocycles. The number of hydrogen-bond acceptors (Lipinski definition) is 3. The summed E-state index contributed by atoms with van der Waals surface area (Å²) in [5.74, 6) is 0. The van der Waals surface area contributed by atoms with Crippen molar-refractivity contribution in [2.24, 2.45) is 0 Å². The Hall–Kier alpha value is -2.16. The van der Waals surface area contributed by atoms with Crippen molar-refractivity contribution in [2.45, 2.75) is 12.8 Å². The molecule has 3 nitrogen and oxygen atoms in total. The summed E-state index contributed by atoms with van der Waals surface area (Å²) in [6, 6.07) is 16.8. The van der Waals surface area contributed by atoms with Gasteiger partial charge in [0.25, 0.3) is 0 Å². The molecule has 3 rings (SSSR count). The van der Waals surface area contributed by atoms with Gasteiger partial charge in [-0.05, 0) is 36.6 Å². The van der Waals surface area contributed by atoms with Crippen LogP contribution in [0, 0.1) is 0 Å². The van der Waals surface area contributed by atoms with Crippen LogP contribution in [0.25, 0.3) is 0 Å². The lowest BCUT2D eigenvalue weighted by Gasteiger charge is -2.33.